The molecule has 0 aliphatic carbocycles. The Morgan fingerprint density at radius 2 is 1.94 bits per heavy atom. The summed E-state index contributed by atoms with van der Waals surface area (Å²) in [6.45, 7) is 1.78. The number of aromatic hydroxyl groups is 1. The number of ether oxygens (including phenoxy) is 3. The number of phenols is 1. The largest absolute Gasteiger partial charge is 0.507 e. The molecule has 0 spiro atoms. The van der Waals surface area contributed by atoms with Gasteiger partial charge in [-0.3, -0.25) is 4.79 Å². The Labute approximate surface area is 184 Å². The zero-order valence-electron chi connectivity index (χ0n) is 17.7. The number of para-hydroxylation sites is 1. The van der Waals surface area contributed by atoms with Crippen molar-refractivity contribution in [3.05, 3.63) is 76.7 Å². The van der Waals surface area contributed by atoms with Gasteiger partial charge in [0.05, 0.1) is 26.0 Å². The van der Waals surface area contributed by atoms with Gasteiger partial charge in [0.1, 0.15) is 18.1 Å². The Morgan fingerprint density at radius 3 is 2.69 bits per heavy atom. The molecule has 0 saturated carbocycles. The van der Waals surface area contributed by atoms with E-state index in [4.69, 9.17) is 13.9 Å². The van der Waals surface area contributed by atoms with Crippen LogP contribution in [0.1, 0.15) is 37.8 Å². The van der Waals surface area contributed by atoms with E-state index >= 15 is 0 Å². The molecule has 0 radical (unpaired) electrons. The van der Waals surface area contributed by atoms with E-state index in [1.54, 1.807) is 43.3 Å². The number of nitrogens with zero attached hydrogens (tertiary/aromatic N) is 1. The summed E-state index contributed by atoms with van der Waals surface area (Å²) >= 11 is 0. The molecule has 0 bridgehead atoms. The van der Waals surface area contributed by atoms with Gasteiger partial charge >= 0.3 is 5.97 Å². The zero-order valence-corrected chi connectivity index (χ0v) is 17.7. The molecule has 0 atom stereocenters. The highest BCUT2D eigenvalue weighted by Gasteiger charge is 2.13. The fourth-order valence-electron chi connectivity index (χ4n) is 2.77. The maximum Gasteiger partial charge on any atom is 0.373 e. The van der Waals surface area contributed by atoms with Gasteiger partial charge in [0, 0.05) is 0 Å². The number of rotatable bonds is 8. The lowest BCUT2D eigenvalue weighted by atomic mass is 10.1. The van der Waals surface area contributed by atoms with E-state index in [1.165, 1.54) is 32.6 Å². The van der Waals surface area contributed by atoms with E-state index in [-0.39, 0.29) is 23.7 Å². The summed E-state index contributed by atoms with van der Waals surface area (Å²) in [5, 5.41) is 13.9. The number of methoxy groups -OCH3 is 2. The van der Waals surface area contributed by atoms with Crippen molar-refractivity contribution in [3.63, 3.8) is 0 Å². The molecule has 3 aromatic rings. The molecular weight excluding hydrogens is 416 g/mol. The molecule has 0 saturated heterocycles. The number of amides is 1. The topological polar surface area (TPSA) is 120 Å². The standard InChI is InChI=1S/C23H22N2O7/c1-14-5-4-6-17(21(14)26)22(27)25-24-12-15-7-9-18(20(11-15)29-2)31-13-16-8-10-19(32-16)23(28)30-3/h4-12,26H,13H2,1-3H3,(H,25,27). The summed E-state index contributed by atoms with van der Waals surface area (Å²) in [4.78, 5) is 23.7. The third kappa shape index (κ3) is 5.25. The molecule has 166 valence electrons. The molecule has 1 aromatic heterocycles. The normalized spacial score (nSPS) is 10.7. The molecule has 1 heterocycles. The molecule has 32 heavy (non-hydrogen) atoms. The monoisotopic (exact) mass is 438 g/mol. The van der Waals surface area contributed by atoms with Crippen LogP contribution in [0.25, 0.3) is 0 Å². The zero-order chi connectivity index (χ0) is 23.1. The first-order valence-electron chi connectivity index (χ1n) is 9.52. The van der Waals surface area contributed by atoms with Gasteiger partial charge in [-0.2, -0.15) is 5.10 Å². The van der Waals surface area contributed by atoms with Crippen molar-refractivity contribution < 1.29 is 33.3 Å². The Balaban J connectivity index is 1.63. The van der Waals surface area contributed by atoms with E-state index in [0.29, 0.717) is 28.4 Å². The van der Waals surface area contributed by atoms with Crippen molar-refractivity contribution in [2.24, 2.45) is 5.10 Å². The Bertz CT molecular complexity index is 1150. The second-order valence-corrected chi connectivity index (χ2v) is 6.63. The summed E-state index contributed by atoms with van der Waals surface area (Å²) in [6, 6.07) is 13.1. The van der Waals surface area contributed by atoms with Gasteiger partial charge in [-0.05, 0) is 54.4 Å². The molecule has 0 unspecified atom stereocenters. The highest BCUT2D eigenvalue weighted by molar-refractivity contribution is 5.97. The minimum atomic E-state index is -0.567. The number of esters is 1. The molecule has 2 N–H and O–H groups in total. The van der Waals surface area contributed by atoms with Crippen LogP contribution in [0.15, 0.2) is 58.0 Å². The van der Waals surface area contributed by atoms with Gasteiger partial charge in [0.2, 0.25) is 5.76 Å². The van der Waals surface area contributed by atoms with Crippen LogP contribution in [0.2, 0.25) is 0 Å². The van der Waals surface area contributed by atoms with E-state index in [9.17, 15) is 14.7 Å². The molecule has 0 aliphatic heterocycles. The quantitative estimate of drug-likeness (QED) is 0.314. The van der Waals surface area contributed by atoms with Crippen LogP contribution in [-0.2, 0) is 11.3 Å². The van der Waals surface area contributed by atoms with Crippen LogP contribution in [0.5, 0.6) is 17.2 Å². The minimum absolute atomic E-state index is 0.0802. The molecule has 1 amide bonds. The first-order valence-corrected chi connectivity index (χ1v) is 9.52. The van der Waals surface area contributed by atoms with E-state index in [1.807, 2.05) is 0 Å². The molecule has 9 nitrogen and oxygen atoms in total. The van der Waals surface area contributed by atoms with Crippen molar-refractivity contribution in [1.29, 1.82) is 0 Å². The fraction of sp³-hybridized carbons (Fsp3) is 0.174. The lowest BCUT2D eigenvalue weighted by molar-refractivity contribution is 0.0560. The number of aryl methyl sites for hydroxylation is 1. The van der Waals surface area contributed by atoms with Crippen molar-refractivity contribution in [2.75, 3.05) is 14.2 Å². The number of carbonyl (C=O) groups is 2. The number of benzene rings is 2. The molecule has 0 aliphatic rings. The van der Waals surface area contributed by atoms with Crippen LogP contribution in [0.3, 0.4) is 0 Å². The summed E-state index contributed by atoms with van der Waals surface area (Å²) in [5.41, 5.74) is 3.76. The Kier molecular flexibility index (Phi) is 7.12. The van der Waals surface area contributed by atoms with E-state index < -0.39 is 11.9 Å². The summed E-state index contributed by atoms with van der Waals surface area (Å²) in [6.07, 6.45) is 1.44. The molecule has 2 aromatic carbocycles. The van der Waals surface area contributed by atoms with Gasteiger partial charge in [-0.1, -0.05) is 12.1 Å². The number of carbonyl (C=O) groups excluding carboxylic acids is 2. The van der Waals surface area contributed by atoms with Gasteiger partial charge in [-0.25, -0.2) is 10.2 Å². The first-order chi connectivity index (χ1) is 15.4. The highest BCUT2D eigenvalue weighted by Crippen LogP contribution is 2.28. The van der Waals surface area contributed by atoms with Crippen LogP contribution < -0.4 is 14.9 Å². The molecule has 3 rings (SSSR count). The smallest absolute Gasteiger partial charge is 0.373 e. The van der Waals surface area contributed by atoms with Gasteiger partial charge < -0.3 is 23.7 Å². The van der Waals surface area contributed by atoms with Crippen LogP contribution in [0, 0.1) is 6.92 Å². The third-order valence-corrected chi connectivity index (χ3v) is 4.47. The SMILES string of the molecule is COC(=O)c1ccc(COc2ccc(C=NNC(=O)c3cccc(C)c3O)cc2OC)o1. The van der Waals surface area contributed by atoms with Crippen molar-refractivity contribution in [3.8, 4) is 17.2 Å². The number of hydrogen-bond acceptors (Lipinski definition) is 8. The number of hydrazone groups is 1. The second kappa shape index (κ2) is 10.2. The maximum atomic E-state index is 12.2. The third-order valence-electron chi connectivity index (χ3n) is 4.47. The van der Waals surface area contributed by atoms with Crippen LogP contribution in [0.4, 0.5) is 0 Å². The Hall–Kier alpha value is -4.27. The predicted molar refractivity (Wildman–Crippen MR) is 115 cm³/mol. The second-order valence-electron chi connectivity index (χ2n) is 6.63. The average molecular weight is 438 g/mol. The number of hydrogen-bond donors (Lipinski definition) is 2. The number of furan rings is 1. The van der Waals surface area contributed by atoms with Crippen molar-refractivity contribution in [1.82, 2.24) is 5.43 Å². The van der Waals surface area contributed by atoms with Gasteiger partial charge in [0.25, 0.3) is 5.91 Å². The Morgan fingerprint density at radius 1 is 1.12 bits per heavy atom. The lowest BCUT2D eigenvalue weighted by Crippen LogP contribution is -2.17. The summed E-state index contributed by atoms with van der Waals surface area (Å²) in [5.74, 6) is 0.247. The average Bonchev–Trinajstić information content (AvgIpc) is 3.28. The minimum Gasteiger partial charge on any atom is -0.507 e. The highest BCUT2D eigenvalue weighted by atomic mass is 16.5. The predicted octanol–water partition coefficient (Wildman–Crippen LogP) is 3.43. The van der Waals surface area contributed by atoms with Crippen LogP contribution >= 0.6 is 0 Å². The number of nitrogens with one attached hydrogen (secondary N) is 1. The lowest BCUT2D eigenvalue weighted by Gasteiger charge is -2.10. The fourth-order valence-corrected chi connectivity index (χ4v) is 2.77. The van der Waals surface area contributed by atoms with Gasteiger partial charge in [0.15, 0.2) is 11.5 Å². The molecular formula is C23H22N2O7. The summed E-state index contributed by atoms with van der Waals surface area (Å²) < 4.78 is 21.0. The van der Waals surface area contributed by atoms with Crippen LogP contribution in [-0.4, -0.2) is 37.4 Å². The summed E-state index contributed by atoms with van der Waals surface area (Å²) in [7, 11) is 2.77. The van der Waals surface area contributed by atoms with Crippen molar-refractivity contribution in [2.45, 2.75) is 13.5 Å². The van der Waals surface area contributed by atoms with E-state index in [0.717, 1.165) is 0 Å². The van der Waals surface area contributed by atoms with Gasteiger partial charge in [-0.15, -0.1) is 0 Å². The first kappa shape index (κ1) is 22.4. The van der Waals surface area contributed by atoms with Crippen molar-refractivity contribution >= 4 is 18.1 Å². The maximum absolute atomic E-state index is 12.2. The molecule has 9 heteroatoms. The van der Waals surface area contributed by atoms with E-state index in [2.05, 4.69) is 15.3 Å². The number of phenolic OH excluding ortho intramolecular Hbond substituents is 1. The molecule has 0 fully saturated rings.